The van der Waals surface area contributed by atoms with E-state index in [1.54, 1.807) is 12.4 Å². The van der Waals surface area contributed by atoms with Gasteiger partial charge >= 0.3 is 0 Å². The smallest absolute Gasteiger partial charge is 0.138 e. The molecule has 194 valence electrons. The van der Waals surface area contributed by atoms with E-state index in [-0.39, 0.29) is 12.5 Å². The summed E-state index contributed by atoms with van der Waals surface area (Å²) < 4.78 is 11.5. The Hall–Kier alpha value is -4.03. The van der Waals surface area contributed by atoms with E-state index in [1.807, 2.05) is 85.2 Å². The molecule has 0 unspecified atom stereocenters. The summed E-state index contributed by atoms with van der Waals surface area (Å²) in [6.07, 6.45) is 10.2. The number of aliphatic hydroxyl groups is 1. The Bertz CT molecular complexity index is 1320. The summed E-state index contributed by atoms with van der Waals surface area (Å²) >= 11 is 0. The van der Waals surface area contributed by atoms with Gasteiger partial charge in [0.2, 0.25) is 0 Å². The first-order valence-electron chi connectivity index (χ1n) is 13.0. The van der Waals surface area contributed by atoms with Gasteiger partial charge in [-0.05, 0) is 65.0 Å². The molecule has 2 aliphatic carbocycles. The highest BCUT2D eigenvalue weighted by Gasteiger charge is 2.38. The second kappa shape index (κ2) is 12.5. The van der Waals surface area contributed by atoms with E-state index < -0.39 is 0 Å². The number of hydrogen-bond acceptors (Lipinski definition) is 6. The molecule has 0 amide bonds. The van der Waals surface area contributed by atoms with Crippen LogP contribution in [0.3, 0.4) is 0 Å². The largest absolute Gasteiger partial charge is 0.487 e. The van der Waals surface area contributed by atoms with Crippen LogP contribution in [0.2, 0.25) is 0 Å². The van der Waals surface area contributed by atoms with Crippen LogP contribution < -0.4 is 9.47 Å². The van der Waals surface area contributed by atoms with Crippen molar-refractivity contribution in [1.29, 1.82) is 0 Å². The number of pyridine rings is 2. The Morgan fingerprint density at radius 1 is 0.737 bits per heavy atom. The standard InChI is InChI=1S/C16H17NO2.C16H15NO2/c2*18-10-14-7-16(14)13-6-15(9-17-8-13)19-11-12-4-2-1-3-5-12/h1-6,8-9,14,16,18H,7,10-11H2;1-6,8-10,14,16H,7,11H2/t2*14-,16-/m11/s1. The lowest BCUT2D eigenvalue weighted by atomic mass is 10.1. The maximum atomic E-state index is 10.7. The number of aliphatic hydroxyl groups excluding tert-OH is 1. The van der Waals surface area contributed by atoms with Crippen molar-refractivity contribution in [2.75, 3.05) is 6.61 Å². The van der Waals surface area contributed by atoms with Crippen LogP contribution in [-0.2, 0) is 18.0 Å². The van der Waals surface area contributed by atoms with Gasteiger partial charge in [-0.1, -0.05) is 60.7 Å². The van der Waals surface area contributed by atoms with Crippen molar-refractivity contribution in [2.24, 2.45) is 11.8 Å². The minimum atomic E-state index is 0.172. The van der Waals surface area contributed by atoms with Gasteiger partial charge in [0.05, 0.1) is 12.4 Å². The molecule has 2 heterocycles. The summed E-state index contributed by atoms with van der Waals surface area (Å²) in [5, 5.41) is 9.11. The molecule has 2 aromatic carbocycles. The van der Waals surface area contributed by atoms with Crippen molar-refractivity contribution in [3.8, 4) is 11.5 Å². The maximum Gasteiger partial charge on any atom is 0.138 e. The summed E-state index contributed by atoms with van der Waals surface area (Å²) in [6, 6.07) is 24.1. The Morgan fingerprint density at radius 2 is 1.26 bits per heavy atom. The van der Waals surface area contributed by atoms with Crippen LogP contribution in [0.1, 0.15) is 46.9 Å². The normalized spacial score (nSPS) is 21.0. The molecule has 4 aromatic rings. The Kier molecular flexibility index (Phi) is 8.41. The van der Waals surface area contributed by atoms with Crippen LogP contribution in [0.4, 0.5) is 0 Å². The van der Waals surface area contributed by atoms with Gasteiger partial charge in [0, 0.05) is 24.9 Å². The first-order chi connectivity index (χ1) is 18.7. The lowest BCUT2D eigenvalue weighted by molar-refractivity contribution is -0.108. The molecule has 0 bridgehead atoms. The van der Waals surface area contributed by atoms with Crippen molar-refractivity contribution in [2.45, 2.75) is 37.9 Å². The van der Waals surface area contributed by atoms with Gasteiger partial charge in [-0.15, -0.1) is 0 Å². The van der Waals surface area contributed by atoms with Gasteiger partial charge in [0.25, 0.3) is 0 Å². The molecule has 2 aliphatic rings. The zero-order valence-corrected chi connectivity index (χ0v) is 21.2. The average Bonchev–Trinajstić information content (AvgIpc) is 3.91. The second-order valence-corrected chi connectivity index (χ2v) is 9.88. The number of hydrogen-bond donors (Lipinski definition) is 1. The topological polar surface area (TPSA) is 81.5 Å². The van der Waals surface area contributed by atoms with Crippen LogP contribution in [0.25, 0.3) is 0 Å². The molecule has 2 saturated carbocycles. The van der Waals surface area contributed by atoms with Crippen LogP contribution >= 0.6 is 0 Å². The zero-order chi connectivity index (χ0) is 26.2. The molecule has 2 aromatic heterocycles. The predicted octanol–water partition coefficient (Wildman–Crippen LogP) is 5.72. The molecule has 4 atom stereocenters. The molecule has 0 radical (unpaired) electrons. The van der Waals surface area contributed by atoms with Gasteiger partial charge in [-0.2, -0.15) is 0 Å². The molecule has 0 saturated heterocycles. The van der Waals surface area contributed by atoms with E-state index in [4.69, 9.17) is 14.6 Å². The first-order valence-corrected chi connectivity index (χ1v) is 13.0. The van der Waals surface area contributed by atoms with E-state index >= 15 is 0 Å². The Morgan fingerprint density at radius 3 is 1.71 bits per heavy atom. The van der Waals surface area contributed by atoms with E-state index in [9.17, 15) is 4.79 Å². The Labute approximate surface area is 223 Å². The number of nitrogens with zero attached hydrogens (tertiary/aromatic N) is 2. The number of carbonyl (C=O) groups is 1. The highest BCUT2D eigenvalue weighted by atomic mass is 16.5. The number of benzene rings is 2. The second-order valence-electron chi connectivity index (χ2n) is 9.88. The minimum absolute atomic E-state index is 0.172. The number of ether oxygens (including phenoxy) is 2. The summed E-state index contributed by atoms with van der Waals surface area (Å²) in [5.74, 6) is 2.93. The Balaban J connectivity index is 0.000000155. The molecule has 0 aliphatic heterocycles. The van der Waals surface area contributed by atoms with Crippen LogP contribution in [0, 0.1) is 11.8 Å². The van der Waals surface area contributed by atoms with Crippen molar-refractivity contribution in [3.05, 3.63) is 120 Å². The van der Waals surface area contributed by atoms with Gasteiger partial charge in [0.1, 0.15) is 31.0 Å². The van der Waals surface area contributed by atoms with Gasteiger partial charge in [0.15, 0.2) is 0 Å². The van der Waals surface area contributed by atoms with Crippen LogP contribution in [-0.4, -0.2) is 28.0 Å². The van der Waals surface area contributed by atoms with Gasteiger partial charge in [-0.25, -0.2) is 0 Å². The molecule has 2 fully saturated rings. The predicted molar refractivity (Wildman–Crippen MR) is 145 cm³/mol. The van der Waals surface area contributed by atoms with Gasteiger partial charge in [-0.3, -0.25) is 9.97 Å². The number of rotatable bonds is 10. The van der Waals surface area contributed by atoms with Crippen LogP contribution in [0.15, 0.2) is 97.6 Å². The number of aldehydes is 1. The quantitative estimate of drug-likeness (QED) is 0.276. The summed E-state index contributed by atoms with van der Waals surface area (Å²) in [4.78, 5) is 19.1. The molecular formula is C32H32N2O4. The molecule has 0 spiro atoms. The van der Waals surface area contributed by atoms with E-state index in [0.29, 0.717) is 31.0 Å². The third kappa shape index (κ3) is 7.05. The van der Waals surface area contributed by atoms with E-state index in [2.05, 4.69) is 9.97 Å². The van der Waals surface area contributed by atoms with E-state index in [1.165, 1.54) is 5.56 Å². The van der Waals surface area contributed by atoms with Crippen molar-refractivity contribution in [3.63, 3.8) is 0 Å². The summed E-state index contributed by atoms with van der Waals surface area (Å²) in [5.41, 5.74) is 4.55. The third-order valence-electron chi connectivity index (χ3n) is 6.99. The summed E-state index contributed by atoms with van der Waals surface area (Å²) in [6.45, 7) is 1.35. The fraction of sp³-hybridized carbons (Fsp3) is 0.281. The third-order valence-corrected chi connectivity index (χ3v) is 6.99. The van der Waals surface area contributed by atoms with E-state index in [0.717, 1.165) is 47.3 Å². The lowest BCUT2D eigenvalue weighted by Gasteiger charge is -2.07. The SMILES string of the molecule is O=C[C@H]1C[C@@H]1c1cncc(OCc2ccccc2)c1.OC[C@H]1C[C@@H]1c1cncc(OCc2ccccc2)c1. The molecule has 38 heavy (non-hydrogen) atoms. The maximum absolute atomic E-state index is 10.7. The number of aromatic nitrogens is 2. The molecule has 1 N–H and O–H groups in total. The molecule has 6 heteroatoms. The zero-order valence-electron chi connectivity index (χ0n) is 21.2. The fourth-order valence-corrected chi connectivity index (χ4v) is 4.52. The van der Waals surface area contributed by atoms with Crippen molar-refractivity contribution in [1.82, 2.24) is 9.97 Å². The van der Waals surface area contributed by atoms with Crippen molar-refractivity contribution < 1.29 is 19.4 Å². The monoisotopic (exact) mass is 508 g/mol. The summed E-state index contributed by atoms with van der Waals surface area (Å²) in [7, 11) is 0. The fourth-order valence-electron chi connectivity index (χ4n) is 4.52. The molecule has 6 rings (SSSR count). The van der Waals surface area contributed by atoms with Gasteiger partial charge < -0.3 is 19.4 Å². The van der Waals surface area contributed by atoms with Crippen LogP contribution in [0.5, 0.6) is 11.5 Å². The first kappa shape index (κ1) is 25.6. The highest BCUT2D eigenvalue weighted by Crippen LogP contribution is 2.47. The number of carbonyl (C=O) groups excluding carboxylic acids is 1. The van der Waals surface area contributed by atoms with Crippen molar-refractivity contribution >= 4 is 6.29 Å². The highest BCUT2D eigenvalue weighted by molar-refractivity contribution is 5.61. The molecule has 6 nitrogen and oxygen atoms in total. The lowest BCUT2D eigenvalue weighted by Crippen LogP contribution is -1.97. The average molecular weight is 509 g/mol. The minimum Gasteiger partial charge on any atom is -0.487 e. The molecular weight excluding hydrogens is 476 g/mol.